The maximum absolute atomic E-state index is 13.3. The first kappa shape index (κ1) is 13.4. The van der Waals surface area contributed by atoms with Crippen LogP contribution in [-0.2, 0) is 0 Å². The van der Waals surface area contributed by atoms with E-state index in [1.54, 1.807) is 6.07 Å². The molecule has 0 spiro atoms. The number of benzene rings is 1. The topological polar surface area (TPSA) is 62.9 Å². The molecule has 1 aromatic carbocycles. The van der Waals surface area contributed by atoms with E-state index in [1.807, 2.05) is 0 Å². The van der Waals surface area contributed by atoms with E-state index >= 15 is 0 Å². The van der Waals surface area contributed by atoms with Crippen LogP contribution in [0.25, 0.3) is 11.0 Å². The van der Waals surface area contributed by atoms with Gasteiger partial charge in [-0.05, 0) is 19.1 Å². The number of nitrogens with zero attached hydrogens (tertiary/aromatic N) is 1. The molecular weight excluding hydrogens is 264 g/mol. The number of rotatable bonds is 1. The van der Waals surface area contributed by atoms with Crippen LogP contribution in [-0.4, -0.2) is 6.18 Å². The van der Waals surface area contributed by atoms with E-state index in [0.29, 0.717) is 0 Å². The maximum atomic E-state index is 13.3. The molecule has 1 unspecified atom stereocenters. The second-order valence-electron chi connectivity index (χ2n) is 4.05. The largest absolute Gasteiger partial charge is 0.457 e. The number of nitrogens with two attached hydrogens (primary N) is 1. The summed E-state index contributed by atoms with van der Waals surface area (Å²) < 4.78 is 56.0. The second kappa shape index (κ2) is 4.24. The summed E-state index contributed by atoms with van der Waals surface area (Å²) in [4.78, 5) is 0. The molecule has 100 valence electrons. The van der Waals surface area contributed by atoms with Crippen molar-refractivity contribution >= 4 is 11.0 Å². The van der Waals surface area contributed by atoms with Gasteiger partial charge in [-0.1, -0.05) is 0 Å². The van der Waals surface area contributed by atoms with Gasteiger partial charge in [0, 0.05) is 10.9 Å². The highest BCUT2D eigenvalue weighted by Gasteiger charge is 2.41. The van der Waals surface area contributed by atoms with E-state index in [2.05, 4.69) is 0 Å². The number of nitriles is 1. The zero-order valence-corrected chi connectivity index (χ0v) is 9.68. The maximum Gasteiger partial charge on any atom is 0.410 e. The molecular formula is C12H8F4N2O. The Hall–Kier alpha value is -2.07. The number of fused-ring (bicyclic) bond motifs is 1. The molecule has 1 atom stereocenters. The van der Waals surface area contributed by atoms with Gasteiger partial charge in [0.2, 0.25) is 0 Å². The van der Waals surface area contributed by atoms with Crippen molar-refractivity contribution < 1.29 is 22.0 Å². The van der Waals surface area contributed by atoms with Crippen LogP contribution >= 0.6 is 0 Å². The summed E-state index contributed by atoms with van der Waals surface area (Å²) in [6.45, 7) is 1.34. The molecule has 3 nitrogen and oxygen atoms in total. The van der Waals surface area contributed by atoms with Crippen LogP contribution in [0, 0.1) is 24.1 Å². The van der Waals surface area contributed by atoms with E-state index in [9.17, 15) is 17.6 Å². The zero-order valence-electron chi connectivity index (χ0n) is 9.68. The van der Waals surface area contributed by atoms with Crippen LogP contribution in [0.4, 0.5) is 17.6 Å². The van der Waals surface area contributed by atoms with Gasteiger partial charge in [-0.3, -0.25) is 0 Å². The average molecular weight is 272 g/mol. The van der Waals surface area contributed by atoms with Crippen molar-refractivity contribution in [2.45, 2.75) is 19.1 Å². The van der Waals surface area contributed by atoms with E-state index in [1.165, 1.54) is 6.92 Å². The van der Waals surface area contributed by atoms with Crippen molar-refractivity contribution in [3.8, 4) is 6.07 Å². The van der Waals surface area contributed by atoms with Crippen LogP contribution in [0.5, 0.6) is 0 Å². The molecule has 0 radical (unpaired) electrons. The number of halogens is 4. The van der Waals surface area contributed by atoms with Crippen molar-refractivity contribution in [2.75, 3.05) is 0 Å². The Morgan fingerprint density at radius 1 is 1.37 bits per heavy atom. The van der Waals surface area contributed by atoms with Gasteiger partial charge in [-0.25, -0.2) is 4.39 Å². The van der Waals surface area contributed by atoms with Gasteiger partial charge < -0.3 is 10.2 Å². The lowest BCUT2D eigenvalue weighted by Crippen LogP contribution is -2.28. The standard InChI is InChI=1S/C12H8F4N2O/c1-5-8-3-7(13)2-6(4-17)10(8)19-9(5)11(18)12(14,15)16/h2-3,11H,18H2,1H3. The third-order valence-electron chi connectivity index (χ3n) is 2.79. The van der Waals surface area contributed by atoms with E-state index in [0.717, 1.165) is 12.1 Å². The highest BCUT2D eigenvalue weighted by molar-refractivity contribution is 5.87. The minimum Gasteiger partial charge on any atom is -0.457 e. The first-order valence-electron chi connectivity index (χ1n) is 5.20. The lowest BCUT2D eigenvalue weighted by molar-refractivity contribution is -0.152. The quantitative estimate of drug-likeness (QED) is 0.810. The molecule has 2 aromatic rings. The highest BCUT2D eigenvalue weighted by Crippen LogP contribution is 2.37. The van der Waals surface area contributed by atoms with Gasteiger partial charge in [0.1, 0.15) is 17.6 Å². The van der Waals surface area contributed by atoms with Gasteiger partial charge in [-0.15, -0.1) is 0 Å². The lowest BCUT2D eigenvalue weighted by Gasteiger charge is -2.13. The average Bonchev–Trinajstić information content (AvgIpc) is 2.64. The van der Waals surface area contributed by atoms with E-state index in [-0.39, 0.29) is 22.1 Å². The molecule has 19 heavy (non-hydrogen) atoms. The summed E-state index contributed by atoms with van der Waals surface area (Å²) in [7, 11) is 0. The summed E-state index contributed by atoms with van der Waals surface area (Å²) >= 11 is 0. The zero-order chi connectivity index (χ0) is 14.4. The number of aryl methyl sites for hydroxylation is 1. The molecule has 1 aromatic heterocycles. The van der Waals surface area contributed by atoms with Crippen molar-refractivity contribution in [3.05, 3.63) is 34.8 Å². The summed E-state index contributed by atoms with van der Waals surface area (Å²) in [5, 5.41) is 8.95. The van der Waals surface area contributed by atoms with Gasteiger partial charge in [0.25, 0.3) is 0 Å². The Kier molecular flexibility index (Phi) is 2.98. The normalized spacial score (nSPS) is 13.5. The predicted molar refractivity (Wildman–Crippen MR) is 58.6 cm³/mol. The third kappa shape index (κ3) is 2.15. The van der Waals surface area contributed by atoms with Gasteiger partial charge in [0.05, 0.1) is 5.56 Å². The molecule has 0 bridgehead atoms. The first-order chi connectivity index (χ1) is 8.75. The summed E-state index contributed by atoms with van der Waals surface area (Å²) in [6, 6.07) is 1.28. The number of furan rings is 1. The Morgan fingerprint density at radius 3 is 2.53 bits per heavy atom. The Bertz CT molecular complexity index is 682. The van der Waals surface area contributed by atoms with Crippen molar-refractivity contribution in [1.82, 2.24) is 0 Å². The van der Waals surface area contributed by atoms with Gasteiger partial charge in [0.15, 0.2) is 11.6 Å². The molecule has 0 saturated heterocycles. The van der Waals surface area contributed by atoms with Crippen LogP contribution in [0.1, 0.15) is 22.9 Å². The smallest absolute Gasteiger partial charge is 0.410 e. The molecule has 0 aliphatic heterocycles. The Labute approximate surface area is 105 Å². The fraction of sp³-hybridized carbons (Fsp3) is 0.250. The minimum absolute atomic E-state index is 0.0795. The molecule has 0 aliphatic rings. The SMILES string of the molecule is Cc1c(C(N)C(F)(F)F)oc2c(C#N)cc(F)cc12. The monoisotopic (exact) mass is 272 g/mol. The Morgan fingerprint density at radius 2 is 2.00 bits per heavy atom. The molecule has 0 amide bonds. The number of hydrogen-bond donors (Lipinski definition) is 1. The lowest BCUT2D eigenvalue weighted by atomic mass is 10.1. The molecule has 1 heterocycles. The fourth-order valence-electron chi connectivity index (χ4n) is 1.83. The van der Waals surface area contributed by atoms with Crippen LogP contribution < -0.4 is 5.73 Å². The summed E-state index contributed by atoms with van der Waals surface area (Å²) in [6.07, 6.45) is -4.68. The minimum atomic E-state index is -4.68. The molecule has 2 rings (SSSR count). The van der Waals surface area contributed by atoms with Gasteiger partial charge in [-0.2, -0.15) is 18.4 Å². The van der Waals surface area contributed by atoms with Crippen LogP contribution in [0.2, 0.25) is 0 Å². The van der Waals surface area contributed by atoms with E-state index < -0.39 is 23.8 Å². The van der Waals surface area contributed by atoms with Crippen molar-refractivity contribution in [1.29, 1.82) is 5.26 Å². The number of alkyl halides is 3. The predicted octanol–water partition coefficient (Wildman–Crippen LogP) is 3.31. The first-order valence-corrected chi connectivity index (χ1v) is 5.20. The number of hydrogen-bond acceptors (Lipinski definition) is 3. The molecule has 2 N–H and O–H groups in total. The third-order valence-corrected chi connectivity index (χ3v) is 2.79. The van der Waals surface area contributed by atoms with Gasteiger partial charge >= 0.3 is 6.18 Å². The molecule has 7 heteroatoms. The van der Waals surface area contributed by atoms with Crippen LogP contribution in [0.15, 0.2) is 16.5 Å². The van der Waals surface area contributed by atoms with Crippen LogP contribution in [0.3, 0.4) is 0 Å². The van der Waals surface area contributed by atoms with E-state index in [4.69, 9.17) is 15.4 Å². The molecule has 0 aliphatic carbocycles. The fourth-order valence-corrected chi connectivity index (χ4v) is 1.83. The summed E-state index contributed by atoms with van der Waals surface area (Å²) in [5.74, 6) is -1.23. The Balaban J connectivity index is 2.74. The highest BCUT2D eigenvalue weighted by atomic mass is 19.4. The van der Waals surface area contributed by atoms with Crippen molar-refractivity contribution in [3.63, 3.8) is 0 Å². The molecule has 0 saturated carbocycles. The van der Waals surface area contributed by atoms with Crippen molar-refractivity contribution in [2.24, 2.45) is 5.73 Å². The molecule has 0 fully saturated rings. The second-order valence-corrected chi connectivity index (χ2v) is 4.05. The summed E-state index contributed by atoms with van der Waals surface area (Å²) in [5.41, 5.74) is 4.90.